The monoisotopic (exact) mass is 488 g/mol. The number of benzene rings is 3. The van der Waals surface area contributed by atoms with E-state index in [9.17, 15) is 53.4 Å². The minimum Gasteiger partial charge on any atom is -0.444 e. The van der Waals surface area contributed by atoms with Crippen molar-refractivity contribution in [2.75, 3.05) is 0 Å². The van der Waals surface area contributed by atoms with Gasteiger partial charge in [-0.3, -0.25) is 0 Å². The summed E-state index contributed by atoms with van der Waals surface area (Å²) in [5, 5.41) is 10.1. The maximum Gasteiger partial charge on any atom is 0.422 e. The Bertz CT molecular complexity index is 1170. The van der Waals surface area contributed by atoms with E-state index in [4.69, 9.17) is 0 Å². The molecule has 1 atom stereocenters. The van der Waals surface area contributed by atoms with E-state index in [0.717, 1.165) is 12.1 Å². The average Bonchev–Trinajstić information content (AvgIpc) is 2.76. The Morgan fingerprint density at radius 2 is 1.00 bits per heavy atom. The molecule has 0 fully saturated rings. The lowest BCUT2D eigenvalue weighted by atomic mass is 9.99. The number of alkyl halides is 3. The molecule has 0 aliphatic carbocycles. The molecule has 0 amide bonds. The topological polar surface area (TPSA) is 29.5 Å². The van der Waals surface area contributed by atoms with Crippen molar-refractivity contribution in [1.29, 1.82) is 0 Å². The first-order valence-corrected chi connectivity index (χ1v) is 8.48. The van der Waals surface area contributed by atoms with E-state index in [1.54, 1.807) is 0 Å². The summed E-state index contributed by atoms with van der Waals surface area (Å²) in [5.74, 6) is -26.2. The summed E-state index contributed by atoms with van der Waals surface area (Å²) in [6.07, 6.45) is -8.20. The normalized spacial score (nSPS) is 12.7. The Kier molecular flexibility index (Phi) is 6.29. The maximum absolute atomic E-state index is 14.4. The number of hydrogen-bond donors (Lipinski definition) is 1. The van der Waals surface area contributed by atoms with Crippen LogP contribution < -0.4 is 4.74 Å². The van der Waals surface area contributed by atoms with Gasteiger partial charge in [-0.2, -0.15) is 30.7 Å². The molecule has 0 aliphatic heterocycles. The van der Waals surface area contributed by atoms with Gasteiger partial charge in [0.05, 0.1) is 5.56 Å². The molecular formula is C20H7F11O2. The SMILES string of the molecule is OC(c1ccccc1)c1c(F)c(F)c(Oc2c(F)c(F)c(C(F)(F)F)c(F)c2F)c(F)c1F. The Hall–Kier alpha value is -3.35. The Labute approximate surface area is 176 Å². The first-order valence-electron chi connectivity index (χ1n) is 8.48. The van der Waals surface area contributed by atoms with Gasteiger partial charge in [-0.15, -0.1) is 0 Å². The van der Waals surface area contributed by atoms with Crippen molar-refractivity contribution < 1.29 is 58.1 Å². The lowest BCUT2D eigenvalue weighted by Crippen LogP contribution is -2.16. The lowest BCUT2D eigenvalue weighted by molar-refractivity contribution is -0.143. The summed E-state index contributed by atoms with van der Waals surface area (Å²) in [7, 11) is 0. The molecule has 0 spiro atoms. The zero-order valence-electron chi connectivity index (χ0n) is 15.5. The fourth-order valence-corrected chi connectivity index (χ4v) is 2.81. The second kappa shape index (κ2) is 8.54. The van der Waals surface area contributed by atoms with Gasteiger partial charge in [-0.05, 0) is 5.56 Å². The van der Waals surface area contributed by atoms with Crippen LogP contribution in [0.2, 0.25) is 0 Å². The van der Waals surface area contributed by atoms with Crippen molar-refractivity contribution >= 4 is 0 Å². The average molecular weight is 488 g/mol. The summed E-state index contributed by atoms with van der Waals surface area (Å²) in [4.78, 5) is 0. The predicted octanol–water partition coefficient (Wildman–Crippen LogP) is 6.69. The molecule has 0 saturated carbocycles. The van der Waals surface area contributed by atoms with Crippen LogP contribution in [-0.4, -0.2) is 5.11 Å². The molecule has 3 aromatic rings. The summed E-state index contributed by atoms with van der Waals surface area (Å²) < 4.78 is 155. The highest BCUT2D eigenvalue weighted by molar-refractivity contribution is 5.43. The van der Waals surface area contributed by atoms with E-state index >= 15 is 0 Å². The van der Waals surface area contributed by atoms with Crippen LogP contribution in [0.4, 0.5) is 48.3 Å². The summed E-state index contributed by atoms with van der Waals surface area (Å²) in [6.45, 7) is 0. The Morgan fingerprint density at radius 3 is 1.39 bits per heavy atom. The van der Waals surface area contributed by atoms with Crippen LogP contribution in [0, 0.1) is 46.5 Å². The smallest absolute Gasteiger partial charge is 0.422 e. The quantitative estimate of drug-likeness (QED) is 0.328. The number of aliphatic hydroxyl groups is 1. The van der Waals surface area contributed by atoms with Crippen LogP contribution in [0.25, 0.3) is 0 Å². The van der Waals surface area contributed by atoms with Crippen molar-refractivity contribution in [3.05, 3.63) is 93.6 Å². The molecule has 0 aromatic heterocycles. The molecule has 0 saturated heterocycles. The molecule has 33 heavy (non-hydrogen) atoms. The van der Waals surface area contributed by atoms with Crippen LogP contribution in [0.1, 0.15) is 22.8 Å². The molecule has 1 unspecified atom stereocenters. The van der Waals surface area contributed by atoms with Crippen LogP contribution in [0.3, 0.4) is 0 Å². The van der Waals surface area contributed by atoms with Crippen molar-refractivity contribution in [3.8, 4) is 11.5 Å². The maximum atomic E-state index is 14.4. The van der Waals surface area contributed by atoms with Gasteiger partial charge in [0.1, 0.15) is 11.7 Å². The van der Waals surface area contributed by atoms with Gasteiger partial charge in [0, 0.05) is 0 Å². The fraction of sp³-hybridized carbons (Fsp3) is 0.100. The van der Waals surface area contributed by atoms with E-state index in [0.29, 0.717) is 0 Å². The number of halogens is 11. The number of aliphatic hydroxyl groups excluding tert-OH is 1. The largest absolute Gasteiger partial charge is 0.444 e. The van der Waals surface area contributed by atoms with Crippen molar-refractivity contribution in [2.45, 2.75) is 12.3 Å². The molecule has 0 radical (unpaired) electrons. The Balaban J connectivity index is 2.17. The molecule has 2 nitrogen and oxygen atoms in total. The third kappa shape index (κ3) is 4.08. The molecule has 0 bridgehead atoms. The molecule has 13 heteroatoms. The summed E-state index contributed by atoms with van der Waals surface area (Å²) in [5.41, 5.74) is -4.83. The van der Waals surface area contributed by atoms with Gasteiger partial charge in [0.25, 0.3) is 0 Å². The van der Waals surface area contributed by atoms with Crippen LogP contribution in [0.15, 0.2) is 30.3 Å². The first-order chi connectivity index (χ1) is 15.3. The second-order valence-corrected chi connectivity index (χ2v) is 6.37. The highest BCUT2D eigenvalue weighted by Gasteiger charge is 2.43. The molecule has 3 rings (SSSR count). The highest BCUT2D eigenvalue weighted by atomic mass is 19.4. The molecule has 176 valence electrons. The van der Waals surface area contributed by atoms with Crippen molar-refractivity contribution in [3.63, 3.8) is 0 Å². The summed E-state index contributed by atoms with van der Waals surface area (Å²) in [6, 6.07) is 6.30. The lowest BCUT2D eigenvalue weighted by Gasteiger charge is -2.18. The van der Waals surface area contributed by atoms with Gasteiger partial charge in [0.2, 0.25) is 34.8 Å². The van der Waals surface area contributed by atoms with E-state index < -0.39 is 81.4 Å². The van der Waals surface area contributed by atoms with Crippen LogP contribution >= 0.6 is 0 Å². The zero-order valence-corrected chi connectivity index (χ0v) is 15.5. The second-order valence-electron chi connectivity index (χ2n) is 6.37. The van der Waals surface area contributed by atoms with Gasteiger partial charge < -0.3 is 9.84 Å². The summed E-state index contributed by atoms with van der Waals surface area (Å²) >= 11 is 0. The minimum absolute atomic E-state index is 0.230. The van der Waals surface area contributed by atoms with Gasteiger partial charge >= 0.3 is 6.18 Å². The molecular weight excluding hydrogens is 481 g/mol. The molecule has 0 heterocycles. The van der Waals surface area contributed by atoms with E-state index in [2.05, 4.69) is 4.74 Å². The number of ether oxygens (including phenoxy) is 1. The number of hydrogen-bond acceptors (Lipinski definition) is 2. The highest BCUT2D eigenvalue weighted by Crippen LogP contribution is 2.43. The van der Waals surface area contributed by atoms with Crippen molar-refractivity contribution in [1.82, 2.24) is 0 Å². The fourth-order valence-electron chi connectivity index (χ4n) is 2.81. The van der Waals surface area contributed by atoms with Gasteiger partial charge in [-0.25, -0.2) is 17.6 Å². The van der Waals surface area contributed by atoms with Crippen molar-refractivity contribution in [2.24, 2.45) is 0 Å². The third-order valence-electron chi connectivity index (χ3n) is 4.36. The van der Waals surface area contributed by atoms with Crippen LogP contribution in [-0.2, 0) is 6.18 Å². The number of rotatable bonds is 4. The standard InChI is InChI=1S/C20H7F11O2/c21-9-7(17(32)6-4-2-1-3-5-6)10(22)14(26)18(13(9)25)33-19-15(27)11(23)8(20(29,30)31)12(24)16(19)28/h1-5,17,32H. The first kappa shape index (κ1) is 24.3. The van der Waals surface area contributed by atoms with Crippen LogP contribution in [0.5, 0.6) is 11.5 Å². The van der Waals surface area contributed by atoms with Gasteiger partial charge in [0.15, 0.2) is 23.3 Å². The Morgan fingerprint density at radius 1 is 0.606 bits per heavy atom. The van der Waals surface area contributed by atoms with E-state index in [1.165, 1.54) is 18.2 Å². The van der Waals surface area contributed by atoms with E-state index in [-0.39, 0.29) is 5.56 Å². The van der Waals surface area contributed by atoms with Gasteiger partial charge in [-0.1, -0.05) is 30.3 Å². The predicted molar refractivity (Wildman–Crippen MR) is 88.1 cm³/mol. The molecule has 0 aliphatic rings. The molecule has 1 N–H and O–H groups in total. The third-order valence-corrected chi connectivity index (χ3v) is 4.36. The van der Waals surface area contributed by atoms with E-state index in [1.807, 2.05) is 0 Å². The minimum atomic E-state index is -5.92. The zero-order chi connectivity index (χ0) is 24.8. The molecule has 3 aromatic carbocycles.